The fraction of sp³-hybridized carbons (Fsp3) is 0.368. The lowest BCUT2D eigenvalue weighted by molar-refractivity contribution is -0.140. The maximum Gasteiger partial charge on any atom is 0.405 e. The normalized spacial score (nSPS) is 16.9. The standard InChI is InChI=1S/C19H17F3N4O4/c1-10-15-11(8-12(14-5-3-7-29-14)24-17(15)30-25-10)18(28)26-6-2-4-13(26)16(27)23-9-19(20,21)22/h3,5,7-8,13H,2,4,6,9H2,1H3,(H,23,27). The summed E-state index contributed by atoms with van der Waals surface area (Å²) in [7, 11) is 0. The first kappa shape index (κ1) is 19.9. The van der Waals surface area contributed by atoms with Crippen LogP contribution in [0.15, 0.2) is 33.4 Å². The zero-order valence-corrected chi connectivity index (χ0v) is 15.8. The van der Waals surface area contributed by atoms with Gasteiger partial charge in [0.15, 0.2) is 5.76 Å². The summed E-state index contributed by atoms with van der Waals surface area (Å²) in [5.41, 5.74) is 1.09. The third-order valence-electron chi connectivity index (χ3n) is 4.90. The number of aromatic nitrogens is 2. The van der Waals surface area contributed by atoms with Gasteiger partial charge in [0.25, 0.3) is 11.6 Å². The molecule has 0 bridgehead atoms. The monoisotopic (exact) mass is 422 g/mol. The summed E-state index contributed by atoms with van der Waals surface area (Å²) < 4.78 is 47.9. The highest BCUT2D eigenvalue weighted by atomic mass is 19.4. The number of furan rings is 1. The van der Waals surface area contributed by atoms with Gasteiger partial charge in [0.2, 0.25) is 5.91 Å². The second-order valence-corrected chi connectivity index (χ2v) is 6.97. The molecule has 3 aromatic heterocycles. The number of carbonyl (C=O) groups is 2. The van der Waals surface area contributed by atoms with Crippen molar-refractivity contribution in [2.45, 2.75) is 32.0 Å². The van der Waals surface area contributed by atoms with Gasteiger partial charge in [-0.15, -0.1) is 0 Å². The Hall–Kier alpha value is -3.37. The molecule has 1 fully saturated rings. The average molecular weight is 422 g/mol. The van der Waals surface area contributed by atoms with Gasteiger partial charge in [0.1, 0.15) is 18.3 Å². The molecule has 1 atom stereocenters. The predicted molar refractivity (Wildman–Crippen MR) is 97.4 cm³/mol. The molecule has 11 heteroatoms. The van der Waals surface area contributed by atoms with Gasteiger partial charge in [-0.1, -0.05) is 5.16 Å². The molecule has 2 amide bonds. The SMILES string of the molecule is Cc1noc2nc(-c3ccco3)cc(C(=O)N3CCCC3C(=O)NCC(F)(F)F)c12. The Morgan fingerprint density at radius 3 is 2.87 bits per heavy atom. The first-order valence-electron chi connectivity index (χ1n) is 9.21. The lowest BCUT2D eigenvalue weighted by Crippen LogP contribution is -2.48. The Labute approximate surface area is 168 Å². The summed E-state index contributed by atoms with van der Waals surface area (Å²) in [6.45, 7) is 0.443. The second-order valence-electron chi connectivity index (χ2n) is 6.97. The van der Waals surface area contributed by atoms with E-state index < -0.39 is 30.6 Å². The van der Waals surface area contributed by atoms with Crippen LogP contribution in [0.5, 0.6) is 0 Å². The van der Waals surface area contributed by atoms with Crippen molar-refractivity contribution in [2.75, 3.05) is 13.1 Å². The van der Waals surface area contributed by atoms with E-state index in [9.17, 15) is 22.8 Å². The van der Waals surface area contributed by atoms with Crippen LogP contribution in [0.4, 0.5) is 13.2 Å². The van der Waals surface area contributed by atoms with E-state index in [2.05, 4.69) is 10.1 Å². The van der Waals surface area contributed by atoms with Gasteiger partial charge >= 0.3 is 6.18 Å². The van der Waals surface area contributed by atoms with E-state index in [1.165, 1.54) is 17.2 Å². The first-order chi connectivity index (χ1) is 14.2. The van der Waals surface area contributed by atoms with Gasteiger partial charge in [-0.05, 0) is 38.0 Å². The number of likely N-dealkylation sites (tertiary alicyclic amines) is 1. The number of hydrogen-bond donors (Lipinski definition) is 1. The summed E-state index contributed by atoms with van der Waals surface area (Å²) in [5, 5.41) is 6.10. The number of hydrogen-bond acceptors (Lipinski definition) is 6. The molecule has 1 N–H and O–H groups in total. The van der Waals surface area contributed by atoms with Crippen molar-refractivity contribution in [3.63, 3.8) is 0 Å². The lowest BCUT2D eigenvalue weighted by atomic mass is 10.1. The van der Waals surface area contributed by atoms with E-state index in [1.54, 1.807) is 19.1 Å². The summed E-state index contributed by atoms with van der Waals surface area (Å²) in [5.74, 6) is -0.941. The molecule has 0 spiro atoms. The number of rotatable bonds is 4. The van der Waals surface area contributed by atoms with Crippen molar-refractivity contribution in [2.24, 2.45) is 0 Å². The van der Waals surface area contributed by atoms with Crippen molar-refractivity contribution in [3.8, 4) is 11.5 Å². The van der Waals surface area contributed by atoms with Crippen LogP contribution in [0.3, 0.4) is 0 Å². The lowest BCUT2D eigenvalue weighted by Gasteiger charge is -2.24. The van der Waals surface area contributed by atoms with Crippen molar-refractivity contribution >= 4 is 22.9 Å². The number of nitrogens with zero attached hydrogens (tertiary/aromatic N) is 3. The highest BCUT2D eigenvalue weighted by Gasteiger charge is 2.37. The average Bonchev–Trinajstić information content (AvgIpc) is 3.45. The minimum Gasteiger partial charge on any atom is -0.463 e. The van der Waals surface area contributed by atoms with Gasteiger partial charge in [-0.3, -0.25) is 9.59 Å². The molecule has 0 saturated carbocycles. The third kappa shape index (κ3) is 3.74. The molecule has 1 unspecified atom stereocenters. The van der Waals surface area contributed by atoms with Gasteiger partial charge in [0.05, 0.1) is 22.9 Å². The Morgan fingerprint density at radius 2 is 2.17 bits per heavy atom. The topological polar surface area (TPSA) is 101 Å². The predicted octanol–water partition coefficient (Wildman–Crippen LogP) is 3.07. The number of amides is 2. The minimum atomic E-state index is -4.53. The number of pyridine rings is 1. The zero-order valence-electron chi connectivity index (χ0n) is 15.8. The minimum absolute atomic E-state index is 0.127. The molecule has 1 saturated heterocycles. The summed E-state index contributed by atoms with van der Waals surface area (Å²) in [4.78, 5) is 31.3. The van der Waals surface area contributed by atoms with Crippen LogP contribution in [-0.2, 0) is 4.79 Å². The molecule has 30 heavy (non-hydrogen) atoms. The Morgan fingerprint density at radius 1 is 1.37 bits per heavy atom. The maximum absolute atomic E-state index is 13.3. The van der Waals surface area contributed by atoms with Gasteiger partial charge in [0, 0.05) is 6.54 Å². The quantitative estimate of drug-likeness (QED) is 0.694. The van der Waals surface area contributed by atoms with Crippen molar-refractivity contribution in [1.29, 1.82) is 0 Å². The van der Waals surface area contributed by atoms with Gasteiger partial charge in [-0.2, -0.15) is 13.2 Å². The zero-order chi connectivity index (χ0) is 21.5. The van der Waals surface area contributed by atoms with Gasteiger partial charge < -0.3 is 19.2 Å². The van der Waals surface area contributed by atoms with E-state index in [4.69, 9.17) is 8.94 Å². The molecule has 0 aliphatic carbocycles. The van der Waals surface area contributed by atoms with E-state index in [0.29, 0.717) is 29.0 Å². The number of halogens is 3. The third-order valence-corrected chi connectivity index (χ3v) is 4.90. The number of alkyl halides is 3. The van der Waals surface area contributed by atoms with Crippen LogP contribution in [0, 0.1) is 6.92 Å². The summed E-state index contributed by atoms with van der Waals surface area (Å²) >= 11 is 0. The molecule has 1 aliphatic rings. The summed E-state index contributed by atoms with van der Waals surface area (Å²) in [6, 6.07) is 3.84. The van der Waals surface area contributed by atoms with Gasteiger partial charge in [-0.25, -0.2) is 4.98 Å². The number of aryl methyl sites for hydroxylation is 1. The molecule has 0 radical (unpaired) electrons. The van der Waals surface area contributed by atoms with E-state index in [0.717, 1.165) is 0 Å². The van der Waals surface area contributed by atoms with E-state index in [1.807, 2.05) is 5.32 Å². The molecular formula is C19H17F3N4O4. The molecule has 4 rings (SSSR count). The van der Waals surface area contributed by atoms with Crippen LogP contribution in [-0.4, -0.2) is 52.2 Å². The van der Waals surface area contributed by atoms with Crippen molar-refractivity contribution in [3.05, 3.63) is 35.7 Å². The Bertz CT molecular complexity index is 1090. The first-order valence-corrected chi connectivity index (χ1v) is 9.21. The van der Waals surface area contributed by atoms with E-state index in [-0.39, 0.29) is 24.2 Å². The number of carbonyl (C=O) groups excluding carboxylic acids is 2. The molecule has 4 heterocycles. The maximum atomic E-state index is 13.3. The molecule has 3 aromatic rings. The highest BCUT2D eigenvalue weighted by Crippen LogP contribution is 2.30. The van der Waals surface area contributed by atoms with Crippen LogP contribution >= 0.6 is 0 Å². The van der Waals surface area contributed by atoms with Crippen molar-refractivity contribution < 1.29 is 31.7 Å². The molecule has 8 nitrogen and oxygen atoms in total. The fourth-order valence-corrected chi connectivity index (χ4v) is 3.56. The second kappa shape index (κ2) is 7.47. The Kier molecular flexibility index (Phi) is 4.96. The number of fused-ring (bicyclic) bond motifs is 1. The molecule has 0 aromatic carbocycles. The van der Waals surface area contributed by atoms with Crippen molar-refractivity contribution in [1.82, 2.24) is 20.4 Å². The van der Waals surface area contributed by atoms with E-state index >= 15 is 0 Å². The smallest absolute Gasteiger partial charge is 0.405 e. The molecular weight excluding hydrogens is 405 g/mol. The fourth-order valence-electron chi connectivity index (χ4n) is 3.56. The largest absolute Gasteiger partial charge is 0.463 e. The number of nitrogens with one attached hydrogen (secondary N) is 1. The van der Waals surface area contributed by atoms with Crippen LogP contribution in [0.1, 0.15) is 28.9 Å². The molecule has 158 valence electrons. The van der Waals surface area contributed by atoms with Crippen LogP contribution in [0.2, 0.25) is 0 Å². The molecule has 1 aliphatic heterocycles. The summed E-state index contributed by atoms with van der Waals surface area (Å²) in [6.07, 6.45) is -2.30. The Balaban J connectivity index is 1.68. The highest BCUT2D eigenvalue weighted by molar-refractivity contribution is 6.08. The van der Waals surface area contributed by atoms with Crippen LogP contribution in [0.25, 0.3) is 22.6 Å². The van der Waals surface area contributed by atoms with Crippen LogP contribution < -0.4 is 5.32 Å².